The molecule has 126 valence electrons. The number of aliphatic hydroxyl groups is 1. The summed E-state index contributed by atoms with van der Waals surface area (Å²) < 4.78 is 6.79. The van der Waals surface area contributed by atoms with E-state index in [1.807, 2.05) is 12.1 Å². The molecule has 0 unspecified atom stereocenters. The maximum Gasteiger partial charge on any atom is 0.296 e. The SMILES string of the molecule is COc1cc([C@H]2C(C#N)=C(O)NC(=O)[C@H]2[n+]2ccccc2)ccc1O. The minimum atomic E-state index is -0.777. The van der Waals surface area contributed by atoms with E-state index in [0.717, 1.165) is 0 Å². The van der Waals surface area contributed by atoms with Gasteiger partial charge in [-0.05, 0) is 17.7 Å². The Kier molecular flexibility index (Phi) is 4.27. The van der Waals surface area contributed by atoms with Crippen molar-refractivity contribution in [2.45, 2.75) is 12.0 Å². The summed E-state index contributed by atoms with van der Waals surface area (Å²) in [6.45, 7) is 0. The lowest BCUT2D eigenvalue weighted by atomic mass is 9.82. The number of nitrogens with zero attached hydrogens (tertiary/aromatic N) is 2. The van der Waals surface area contributed by atoms with E-state index in [-0.39, 0.29) is 17.1 Å². The van der Waals surface area contributed by atoms with Gasteiger partial charge in [-0.1, -0.05) is 12.1 Å². The molecule has 2 atom stereocenters. The van der Waals surface area contributed by atoms with E-state index in [2.05, 4.69) is 5.32 Å². The van der Waals surface area contributed by atoms with Crippen LogP contribution in [0.3, 0.4) is 0 Å². The van der Waals surface area contributed by atoms with Crippen LogP contribution in [0.2, 0.25) is 0 Å². The number of amides is 1. The van der Waals surface area contributed by atoms with Crippen molar-refractivity contribution in [3.8, 4) is 17.6 Å². The lowest BCUT2D eigenvalue weighted by Crippen LogP contribution is -2.53. The number of rotatable bonds is 3. The van der Waals surface area contributed by atoms with Crippen LogP contribution in [0.1, 0.15) is 17.5 Å². The molecular weight excluding hydrogens is 322 g/mol. The average Bonchev–Trinajstić information content (AvgIpc) is 2.62. The number of allylic oxidation sites excluding steroid dienone is 1. The summed E-state index contributed by atoms with van der Waals surface area (Å²) in [5, 5.41) is 31.7. The molecule has 0 bridgehead atoms. The van der Waals surface area contributed by atoms with Gasteiger partial charge in [0.25, 0.3) is 5.91 Å². The molecule has 25 heavy (non-hydrogen) atoms. The first-order valence-corrected chi connectivity index (χ1v) is 7.53. The summed E-state index contributed by atoms with van der Waals surface area (Å²) in [5.41, 5.74) is 0.600. The van der Waals surface area contributed by atoms with Crippen LogP contribution >= 0.6 is 0 Å². The Labute approximate surface area is 144 Å². The van der Waals surface area contributed by atoms with Crippen LogP contribution in [0.25, 0.3) is 0 Å². The molecule has 1 aromatic heterocycles. The van der Waals surface area contributed by atoms with Crippen molar-refractivity contribution >= 4 is 5.91 Å². The number of hydrogen-bond acceptors (Lipinski definition) is 5. The van der Waals surface area contributed by atoms with Crippen LogP contribution in [-0.2, 0) is 4.79 Å². The van der Waals surface area contributed by atoms with Crippen molar-refractivity contribution in [1.82, 2.24) is 5.32 Å². The molecule has 0 fully saturated rings. The maximum atomic E-state index is 12.6. The first kappa shape index (κ1) is 16.3. The number of benzene rings is 1. The molecule has 0 saturated heterocycles. The zero-order valence-electron chi connectivity index (χ0n) is 13.4. The van der Waals surface area contributed by atoms with E-state index in [1.54, 1.807) is 41.2 Å². The standard InChI is InChI=1S/C18H15N3O4/c1-25-14-9-11(5-6-13(14)22)15-12(10-19)17(23)20-18(24)16(15)21-7-3-2-4-8-21/h2-9,15-16H,1H3,(H2-,20,22,23,24)/p+1/t15-,16-/m0/s1. The number of pyridine rings is 1. The Hall–Kier alpha value is -3.53. The predicted molar refractivity (Wildman–Crippen MR) is 86.5 cm³/mol. The van der Waals surface area contributed by atoms with E-state index >= 15 is 0 Å². The molecular formula is C18H16N3O4+. The van der Waals surface area contributed by atoms with Crippen LogP contribution in [-0.4, -0.2) is 23.2 Å². The molecule has 2 heterocycles. The minimum Gasteiger partial charge on any atom is -0.504 e. The third kappa shape index (κ3) is 2.85. The Balaban J connectivity index is 2.21. The highest BCUT2D eigenvalue weighted by molar-refractivity contribution is 5.84. The van der Waals surface area contributed by atoms with Gasteiger partial charge in [0.2, 0.25) is 11.9 Å². The molecule has 0 radical (unpaired) electrons. The number of phenols is 1. The Bertz CT molecular complexity index is 887. The van der Waals surface area contributed by atoms with Crippen LogP contribution in [0.4, 0.5) is 0 Å². The summed E-state index contributed by atoms with van der Waals surface area (Å²) in [4.78, 5) is 12.6. The summed E-state index contributed by atoms with van der Waals surface area (Å²) >= 11 is 0. The van der Waals surface area contributed by atoms with E-state index in [0.29, 0.717) is 5.56 Å². The number of methoxy groups -OCH3 is 1. The maximum absolute atomic E-state index is 12.6. The topological polar surface area (TPSA) is 106 Å². The van der Waals surface area contributed by atoms with Gasteiger partial charge in [-0.25, -0.2) is 0 Å². The zero-order valence-corrected chi connectivity index (χ0v) is 13.4. The zero-order chi connectivity index (χ0) is 18.0. The van der Waals surface area contributed by atoms with E-state index in [4.69, 9.17) is 4.74 Å². The number of ether oxygens (including phenoxy) is 1. The molecule has 0 saturated carbocycles. The number of aromatic hydroxyl groups is 1. The highest BCUT2D eigenvalue weighted by atomic mass is 16.5. The Morgan fingerprint density at radius 3 is 2.60 bits per heavy atom. The second-order valence-corrected chi connectivity index (χ2v) is 5.54. The largest absolute Gasteiger partial charge is 0.504 e. The number of nitrogens with one attached hydrogen (secondary N) is 1. The first-order chi connectivity index (χ1) is 12.1. The second-order valence-electron chi connectivity index (χ2n) is 5.54. The third-order valence-corrected chi connectivity index (χ3v) is 4.14. The van der Waals surface area contributed by atoms with Crippen LogP contribution < -0.4 is 14.6 Å². The lowest BCUT2D eigenvalue weighted by Gasteiger charge is -2.27. The fraction of sp³-hybridized carbons (Fsp3) is 0.167. The fourth-order valence-electron chi connectivity index (χ4n) is 2.98. The van der Waals surface area contributed by atoms with Gasteiger partial charge < -0.3 is 14.9 Å². The van der Waals surface area contributed by atoms with Gasteiger partial charge in [-0.2, -0.15) is 9.83 Å². The molecule has 1 aliphatic heterocycles. The minimum absolute atomic E-state index is 0.0358. The van der Waals surface area contributed by atoms with Crippen LogP contribution in [0.5, 0.6) is 11.5 Å². The van der Waals surface area contributed by atoms with Crippen molar-refractivity contribution in [2.75, 3.05) is 7.11 Å². The van der Waals surface area contributed by atoms with Crippen molar-refractivity contribution in [2.24, 2.45) is 0 Å². The van der Waals surface area contributed by atoms with Gasteiger partial charge in [-0.3, -0.25) is 10.1 Å². The van der Waals surface area contributed by atoms with Gasteiger partial charge in [0, 0.05) is 12.1 Å². The third-order valence-electron chi connectivity index (χ3n) is 4.14. The first-order valence-electron chi connectivity index (χ1n) is 7.53. The number of carbonyl (C=O) groups excluding carboxylic acids is 1. The van der Waals surface area contributed by atoms with Crippen LogP contribution in [0.15, 0.2) is 60.2 Å². The van der Waals surface area contributed by atoms with Crippen LogP contribution in [0, 0.1) is 11.3 Å². The molecule has 3 N–H and O–H groups in total. The summed E-state index contributed by atoms with van der Waals surface area (Å²) in [5.74, 6) is -1.47. The molecule has 1 aliphatic rings. The van der Waals surface area contributed by atoms with Crippen molar-refractivity contribution in [3.05, 3.63) is 65.8 Å². The summed E-state index contributed by atoms with van der Waals surface area (Å²) in [7, 11) is 1.41. The number of aliphatic hydroxyl groups excluding tert-OH is 1. The van der Waals surface area contributed by atoms with Crippen molar-refractivity contribution in [3.63, 3.8) is 0 Å². The monoisotopic (exact) mass is 338 g/mol. The number of aromatic nitrogens is 1. The molecule has 1 aromatic carbocycles. The molecule has 3 rings (SSSR count). The molecule has 2 aromatic rings. The number of nitriles is 1. The molecule has 0 spiro atoms. The Morgan fingerprint density at radius 1 is 1.24 bits per heavy atom. The van der Waals surface area contributed by atoms with Crippen molar-refractivity contribution in [1.29, 1.82) is 5.26 Å². The number of carbonyl (C=O) groups is 1. The smallest absolute Gasteiger partial charge is 0.296 e. The molecule has 7 nitrogen and oxygen atoms in total. The average molecular weight is 338 g/mol. The predicted octanol–water partition coefficient (Wildman–Crippen LogP) is 1.44. The van der Waals surface area contributed by atoms with Gasteiger partial charge in [0.15, 0.2) is 23.9 Å². The summed E-state index contributed by atoms with van der Waals surface area (Å²) in [6, 6.07) is 11.1. The van der Waals surface area contributed by atoms with Crippen molar-refractivity contribution < 1.29 is 24.3 Å². The lowest BCUT2D eigenvalue weighted by molar-refractivity contribution is -0.711. The highest BCUT2D eigenvalue weighted by Crippen LogP contribution is 2.39. The van der Waals surface area contributed by atoms with E-state index < -0.39 is 23.8 Å². The molecule has 0 aliphatic carbocycles. The fourth-order valence-corrected chi connectivity index (χ4v) is 2.98. The quantitative estimate of drug-likeness (QED) is 0.734. The summed E-state index contributed by atoms with van der Waals surface area (Å²) in [6.07, 6.45) is 3.43. The Morgan fingerprint density at radius 2 is 1.96 bits per heavy atom. The van der Waals surface area contributed by atoms with Gasteiger partial charge in [-0.15, -0.1) is 0 Å². The molecule has 7 heteroatoms. The van der Waals surface area contributed by atoms with Gasteiger partial charge >= 0.3 is 0 Å². The van der Waals surface area contributed by atoms with E-state index in [1.165, 1.54) is 13.2 Å². The van der Waals surface area contributed by atoms with Gasteiger partial charge in [0.05, 0.1) is 13.0 Å². The second kappa shape index (κ2) is 6.53. The van der Waals surface area contributed by atoms with E-state index in [9.17, 15) is 20.3 Å². The number of phenolic OH excluding ortho intramolecular Hbond substituents is 1. The highest BCUT2D eigenvalue weighted by Gasteiger charge is 2.45. The molecule has 1 amide bonds. The van der Waals surface area contributed by atoms with Gasteiger partial charge in [0.1, 0.15) is 11.6 Å². The normalized spacial score (nSPS) is 19.9. The number of hydrogen-bond donors (Lipinski definition) is 3.